The maximum Gasteiger partial charge on any atom is 0.00508 e. The fourth-order valence-corrected chi connectivity index (χ4v) is 2.00. The molecule has 2 nitrogen and oxygen atoms in total. The number of nitrogens with two attached hydrogens (primary N) is 1. The lowest BCUT2D eigenvalue weighted by Crippen LogP contribution is -2.28. The Morgan fingerprint density at radius 2 is 2.07 bits per heavy atom. The molecule has 1 aliphatic carbocycles. The van der Waals surface area contributed by atoms with Gasteiger partial charge in [-0.3, -0.25) is 0 Å². The predicted octanol–water partition coefficient (Wildman–Crippen LogP) is 2.14. The third kappa shape index (κ3) is 3.97. The molecule has 2 atom stereocenters. The summed E-state index contributed by atoms with van der Waals surface area (Å²) in [7, 11) is 0. The van der Waals surface area contributed by atoms with E-state index >= 15 is 0 Å². The molecule has 0 spiro atoms. The average Bonchev–Trinajstić information content (AvgIpc) is 2.69. The molecule has 2 unspecified atom stereocenters. The largest absolute Gasteiger partial charge is 0.328 e. The van der Waals surface area contributed by atoms with E-state index < -0.39 is 0 Å². The minimum absolute atomic E-state index is 0.403. The van der Waals surface area contributed by atoms with E-state index in [-0.39, 0.29) is 0 Å². The van der Waals surface area contributed by atoms with Crippen molar-refractivity contribution < 1.29 is 0 Å². The fourth-order valence-electron chi connectivity index (χ4n) is 2.00. The van der Waals surface area contributed by atoms with Gasteiger partial charge in [0, 0.05) is 6.04 Å². The number of hydrogen-bond acceptors (Lipinski definition) is 2. The maximum absolute atomic E-state index is 5.93. The molecule has 3 N–H and O–H groups in total. The molecule has 0 amide bonds. The standard InChI is InChI=1S/C12H26N2/c1-4-5-11(13)6-7-14-9-10-8-12(10,2)3/h10-11,14H,4-9,13H2,1-3H3. The van der Waals surface area contributed by atoms with E-state index in [1.807, 2.05) is 0 Å². The Morgan fingerprint density at radius 1 is 1.43 bits per heavy atom. The lowest BCUT2D eigenvalue weighted by atomic mass is 10.1. The van der Waals surface area contributed by atoms with E-state index in [9.17, 15) is 0 Å². The molecule has 1 rings (SSSR count). The molecule has 0 aromatic carbocycles. The van der Waals surface area contributed by atoms with Crippen molar-refractivity contribution in [2.75, 3.05) is 13.1 Å². The zero-order valence-electron chi connectivity index (χ0n) is 9.97. The van der Waals surface area contributed by atoms with E-state index in [1.165, 1.54) is 19.4 Å². The first-order chi connectivity index (χ1) is 6.56. The van der Waals surface area contributed by atoms with Crippen molar-refractivity contribution in [1.29, 1.82) is 0 Å². The molecule has 0 aliphatic heterocycles. The molecule has 14 heavy (non-hydrogen) atoms. The second-order valence-corrected chi connectivity index (χ2v) is 5.43. The molecule has 1 saturated carbocycles. The molecule has 0 aromatic rings. The first kappa shape index (κ1) is 12.0. The highest BCUT2D eigenvalue weighted by molar-refractivity contribution is 4.96. The van der Waals surface area contributed by atoms with Crippen LogP contribution in [0.5, 0.6) is 0 Å². The van der Waals surface area contributed by atoms with Gasteiger partial charge in [-0.2, -0.15) is 0 Å². The number of nitrogens with one attached hydrogen (secondary N) is 1. The normalized spacial score (nSPS) is 26.1. The van der Waals surface area contributed by atoms with Gasteiger partial charge in [-0.15, -0.1) is 0 Å². The van der Waals surface area contributed by atoms with Crippen LogP contribution in [-0.2, 0) is 0 Å². The predicted molar refractivity (Wildman–Crippen MR) is 62.3 cm³/mol. The quantitative estimate of drug-likeness (QED) is 0.615. The van der Waals surface area contributed by atoms with Crippen molar-refractivity contribution >= 4 is 0 Å². The molecule has 84 valence electrons. The van der Waals surface area contributed by atoms with Gasteiger partial charge in [0.25, 0.3) is 0 Å². The van der Waals surface area contributed by atoms with Crippen molar-refractivity contribution in [3.05, 3.63) is 0 Å². The fraction of sp³-hybridized carbons (Fsp3) is 1.00. The molecule has 2 heteroatoms. The van der Waals surface area contributed by atoms with Gasteiger partial charge >= 0.3 is 0 Å². The van der Waals surface area contributed by atoms with Gasteiger partial charge < -0.3 is 11.1 Å². The van der Waals surface area contributed by atoms with Gasteiger partial charge in [-0.05, 0) is 43.7 Å². The lowest BCUT2D eigenvalue weighted by molar-refractivity contribution is 0.488. The first-order valence-electron chi connectivity index (χ1n) is 6.02. The Labute approximate surface area is 88.6 Å². The smallest absolute Gasteiger partial charge is 0.00508 e. The maximum atomic E-state index is 5.93. The van der Waals surface area contributed by atoms with Gasteiger partial charge in [-0.1, -0.05) is 27.2 Å². The van der Waals surface area contributed by atoms with Gasteiger partial charge in [0.2, 0.25) is 0 Å². The highest BCUT2D eigenvalue weighted by Crippen LogP contribution is 2.50. The monoisotopic (exact) mass is 198 g/mol. The topological polar surface area (TPSA) is 38.0 Å². The van der Waals surface area contributed by atoms with Crippen LogP contribution in [0.1, 0.15) is 46.5 Å². The third-order valence-corrected chi connectivity index (χ3v) is 3.46. The molecular weight excluding hydrogens is 172 g/mol. The summed E-state index contributed by atoms with van der Waals surface area (Å²) in [5.41, 5.74) is 6.54. The minimum atomic E-state index is 0.403. The summed E-state index contributed by atoms with van der Waals surface area (Å²) in [6.45, 7) is 9.17. The van der Waals surface area contributed by atoms with Crippen LogP contribution in [-0.4, -0.2) is 19.1 Å². The summed E-state index contributed by atoms with van der Waals surface area (Å²) >= 11 is 0. The molecule has 0 heterocycles. The van der Waals surface area contributed by atoms with Crippen LogP contribution >= 0.6 is 0 Å². The Morgan fingerprint density at radius 3 is 2.57 bits per heavy atom. The van der Waals surface area contributed by atoms with Crippen LogP contribution in [0, 0.1) is 11.3 Å². The summed E-state index contributed by atoms with van der Waals surface area (Å²) in [5.74, 6) is 0.907. The molecule has 1 aliphatic rings. The molecule has 0 radical (unpaired) electrons. The van der Waals surface area contributed by atoms with Gasteiger partial charge in [-0.25, -0.2) is 0 Å². The summed E-state index contributed by atoms with van der Waals surface area (Å²) in [6.07, 6.45) is 4.88. The average molecular weight is 198 g/mol. The van der Waals surface area contributed by atoms with E-state index in [2.05, 4.69) is 26.1 Å². The second kappa shape index (κ2) is 5.13. The van der Waals surface area contributed by atoms with Crippen molar-refractivity contribution in [3.63, 3.8) is 0 Å². The zero-order chi connectivity index (χ0) is 10.6. The van der Waals surface area contributed by atoms with Crippen molar-refractivity contribution in [2.45, 2.75) is 52.5 Å². The van der Waals surface area contributed by atoms with Crippen LogP contribution in [0.3, 0.4) is 0 Å². The summed E-state index contributed by atoms with van der Waals surface area (Å²) < 4.78 is 0. The van der Waals surface area contributed by atoms with Crippen molar-refractivity contribution in [1.82, 2.24) is 5.32 Å². The highest BCUT2D eigenvalue weighted by atomic mass is 14.9. The highest BCUT2D eigenvalue weighted by Gasteiger charge is 2.44. The SMILES string of the molecule is CCCC(N)CCNCC1CC1(C)C. The third-order valence-electron chi connectivity index (χ3n) is 3.46. The molecule has 0 bridgehead atoms. The second-order valence-electron chi connectivity index (χ2n) is 5.43. The Kier molecular flexibility index (Phi) is 4.39. The van der Waals surface area contributed by atoms with E-state index in [0.717, 1.165) is 25.3 Å². The number of rotatable bonds is 7. The summed E-state index contributed by atoms with van der Waals surface area (Å²) in [6, 6.07) is 0.403. The van der Waals surface area contributed by atoms with Crippen LogP contribution in [0.2, 0.25) is 0 Å². The van der Waals surface area contributed by atoms with Crippen LogP contribution in [0.4, 0.5) is 0 Å². The molecular formula is C12H26N2. The Bertz CT molecular complexity index is 166. The number of hydrogen-bond donors (Lipinski definition) is 2. The van der Waals surface area contributed by atoms with E-state index in [0.29, 0.717) is 11.5 Å². The molecule has 1 fully saturated rings. The molecule has 0 aromatic heterocycles. The van der Waals surface area contributed by atoms with Crippen LogP contribution in [0.15, 0.2) is 0 Å². The summed E-state index contributed by atoms with van der Waals surface area (Å²) in [4.78, 5) is 0. The van der Waals surface area contributed by atoms with E-state index in [4.69, 9.17) is 5.73 Å². The van der Waals surface area contributed by atoms with Gasteiger partial charge in [0.1, 0.15) is 0 Å². The van der Waals surface area contributed by atoms with Crippen molar-refractivity contribution in [3.8, 4) is 0 Å². The van der Waals surface area contributed by atoms with Crippen LogP contribution in [0.25, 0.3) is 0 Å². The molecule has 0 saturated heterocycles. The van der Waals surface area contributed by atoms with Gasteiger partial charge in [0.15, 0.2) is 0 Å². The minimum Gasteiger partial charge on any atom is -0.328 e. The lowest BCUT2D eigenvalue weighted by Gasteiger charge is -2.11. The first-order valence-corrected chi connectivity index (χ1v) is 6.02. The van der Waals surface area contributed by atoms with Gasteiger partial charge in [0.05, 0.1) is 0 Å². The van der Waals surface area contributed by atoms with Crippen molar-refractivity contribution in [2.24, 2.45) is 17.1 Å². The van der Waals surface area contributed by atoms with Crippen LogP contribution < -0.4 is 11.1 Å². The van der Waals surface area contributed by atoms with E-state index in [1.54, 1.807) is 0 Å². The Hall–Kier alpha value is -0.0800. The summed E-state index contributed by atoms with van der Waals surface area (Å²) in [5, 5.41) is 3.51. The zero-order valence-corrected chi connectivity index (χ0v) is 9.97. The Balaban J connectivity index is 1.90.